The van der Waals surface area contributed by atoms with E-state index in [0.717, 1.165) is 49.4 Å². The molecule has 2 heterocycles. The molecule has 1 aromatic heterocycles. The number of hydrogen-bond donors (Lipinski definition) is 1. The average Bonchev–Trinajstić information content (AvgIpc) is 2.84. The molecule has 1 N–H and O–H groups in total. The molecule has 0 radical (unpaired) electrons. The predicted octanol–water partition coefficient (Wildman–Crippen LogP) is 4.97. The van der Waals surface area contributed by atoms with Gasteiger partial charge in [0.25, 0.3) is 0 Å². The molecule has 1 aliphatic rings. The zero-order valence-corrected chi connectivity index (χ0v) is 18.1. The Bertz CT molecular complexity index is 1290. The lowest BCUT2D eigenvalue weighted by atomic mass is 10.0. The molecule has 1 aliphatic heterocycles. The lowest BCUT2D eigenvalue weighted by molar-refractivity contribution is 0.271. The van der Waals surface area contributed by atoms with Crippen LogP contribution in [-0.4, -0.2) is 42.7 Å². The van der Waals surface area contributed by atoms with E-state index in [1.807, 2.05) is 36.4 Å². The van der Waals surface area contributed by atoms with Crippen LogP contribution in [0.5, 0.6) is 5.75 Å². The van der Waals surface area contributed by atoms with E-state index in [1.54, 1.807) is 6.07 Å². The Labute approximate surface area is 187 Å². The van der Waals surface area contributed by atoms with Crippen molar-refractivity contribution in [2.75, 3.05) is 37.6 Å². The second-order valence-corrected chi connectivity index (χ2v) is 8.18. The SMILES string of the molecule is CCN1CCN(c2ccc(-c3cc(O)c4c(=O)cc(-c5ccccc5)oc4c3)cc2)CC1. The first kappa shape index (κ1) is 20.3. The molecule has 0 bridgehead atoms. The highest BCUT2D eigenvalue weighted by atomic mass is 16.3. The van der Waals surface area contributed by atoms with E-state index in [1.165, 1.54) is 11.8 Å². The van der Waals surface area contributed by atoms with Crippen molar-refractivity contribution in [3.63, 3.8) is 0 Å². The number of hydrogen-bond acceptors (Lipinski definition) is 5. The molecule has 0 unspecified atom stereocenters. The number of piperazine rings is 1. The fourth-order valence-electron chi connectivity index (χ4n) is 4.37. The maximum atomic E-state index is 12.7. The number of aromatic hydroxyl groups is 1. The number of phenolic OH excluding ortho intramolecular Hbond substituents is 1. The third kappa shape index (κ3) is 3.87. The molecule has 1 fully saturated rings. The van der Waals surface area contributed by atoms with Crippen molar-refractivity contribution in [2.45, 2.75) is 6.92 Å². The van der Waals surface area contributed by atoms with Gasteiger partial charge >= 0.3 is 0 Å². The summed E-state index contributed by atoms with van der Waals surface area (Å²) in [5.74, 6) is 0.423. The quantitative estimate of drug-likeness (QED) is 0.499. The van der Waals surface area contributed by atoms with Gasteiger partial charge in [0.15, 0.2) is 5.43 Å². The molecule has 0 aliphatic carbocycles. The minimum Gasteiger partial charge on any atom is -0.507 e. The van der Waals surface area contributed by atoms with E-state index >= 15 is 0 Å². The van der Waals surface area contributed by atoms with Gasteiger partial charge in [0.2, 0.25) is 0 Å². The molecular weight excluding hydrogens is 400 g/mol. The van der Waals surface area contributed by atoms with E-state index in [4.69, 9.17) is 4.42 Å². The molecule has 5 nitrogen and oxygen atoms in total. The molecule has 32 heavy (non-hydrogen) atoms. The van der Waals surface area contributed by atoms with Crippen LogP contribution in [0.4, 0.5) is 5.69 Å². The van der Waals surface area contributed by atoms with Crippen molar-refractivity contribution in [3.05, 3.63) is 83.0 Å². The Hall–Kier alpha value is -3.57. The number of benzene rings is 3. The minimum atomic E-state index is -0.254. The van der Waals surface area contributed by atoms with E-state index in [0.29, 0.717) is 11.3 Å². The van der Waals surface area contributed by atoms with Crippen LogP contribution in [0, 0.1) is 0 Å². The van der Waals surface area contributed by atoms with Crippen LogP contribution in [0.1, 0.15) is 6.92 Å². The smallest absolute Gasteiger partial charge is 0.197 e. The lowest BCUT2D eigenvalue weighted by Gasteiger charge is -2.35. The summed E-state index contributed by atoms with van der Waals surface area (Å²) in [5, 5.41) is 10.8. The van der Waals surface area contributed by atoms with E-state index in [9.17, 15) is 9.90 Å². The van der Waals surface area contributed by atoms with Crippen LogP contribution in [0.3, 0.4) is 0 Å². The standard InChI is InChI=1S/C27H26N2O3/c1-2-28-12-14-29(15-13-28)22-10-8-19(9-11-22)21-16-23(30)27-24(31)18-25(32-26(27)17-21)20-6-4-3-5-7-20/h3-11,16-18,30H,2,12-15H2,1H3. The monoisotopic (exact) mass is 426 g/mol. The van der Waals surface area contributed by atoms with Gasteiger partial charge in [-0.25, -0.2) is 0 Å². The summed E-state index contributed by atoms with van der Waals surface area (Å²) >= 11 is 0. The first-order valence-electron chi connectivity index (χ1n) is 11.1. The molecule has 162 valence electrons. The number of fused-ring (bicyclic) bond motifs is 1. The number of rotatable bonds is 4. The van der Waals surface area contributed by atoms with Gasteiger partial charge in [0, 0.05) is 43.5 Å². The van der Waals surface area contributed by atoms with Crippen LogP contribution in [0.2, 0.25) is 0 Å². The molecule has 5 heteroatoms. The van der Waals surface area contributed by atoms with Gasteiger partial charge in [0.1, 0.15) is 22.5 Å². The van der Waals surface area contributed by atoms with E-state index in [2.05, 4.69) is 41.0 Å². The number of phenols is 1. The Kier molecular flexibility index (Phi) is 5.41. The molecule has 5 rings (SSSR count). The highest BCUT2D eigenvalue weighted by molar-refractivity contribution is 5.89. The second-order valence-electron chi connectivity index (χ2n) is 8.18. The molecule has 0 amide bonds. The largest absolute Gasteiger partial charge is 0.507 e. The molecule has 1 saturated heterocycles. The van der Waals surface area contributed by atoms with Gasteiger partial charge in [-0.05, 0) is 41.9 Å². The zero-order valence-electron chi connectivity index (χ0n) is 18.1. The third-order valence-electron chi connectivity index (χ3n) is 6.25. The molecule has 0 saturated carbocycles. The molecule has 0 spiro atoms. The molecule has 0 atom stereocenters. The van der Waals surface area contributed by atoms with Crippen LogP contribution in [0.15, 0.2) is 82.0 Å². The molecule has 4 aromatic rings. The van der Waals surface area contributed by atoms with Crippen LogP contribution in [-0.2, 0) is 0 Å². The van der Waals surface area contributed by atoms with Crippen LogP contribution in [0.25, 0.3) is 33.4 Å². The highest BCUT2D eigenvalue weighted by Crippen LogP contribution is 2.33. The summed E-state index contributed by atoms with van der Waals surface area (Å²) in [7, 11) is 0. The van der Waals surface area contributed by atoms with Crippen LogP contribution >= 0.6 is 0 Å². The van der Waals surface area contributed by atoms with Crippen molar-refractivity contribution in [1.82, 2.24) is 4.90 Å². The van der Waals surface area contributed by atoms with Gasteiger partial charge < -0.3 is 19.3 Å². The van der Waals surface area contributed by atoms with Gasteiger partial charge in [0.05, 0.1) is 0 Å². The summed E-state index contributed by atoms with van der Waals surface area (Å²) in [4.78, 5) is 17.5. The van der Waals surface area contributed by atoms with Gasteiger partial charge in [-0.3, -0.25) is 4.79 Å². The minimum absolute atomic E-state index is 0.0642. The second kappa shape index (κ2) is 8.52. The average molecular weight is 427 g/mol. The molecule has 3 aromatic carbocycles. The Morgan fingerprint density at radius 1 is 0.844 bits per heavy atom. The van der Waals surface area contributed by atoms with Crippen molar-refractivity contribution in [2.24, 2.45) is 0 Å². The summed E-state index contributed by atoms with van der Waals surface area (Å²) in [6.45, 7) is 7.52. The third-order valence-corrected chi connectivity index (χ3v) is 6.25. The lowest BCUT2D eigenvalue weighted by Crippen LogP contribution is -2.46. The van der Waals surface area contributed by atoms with Crippen molar-refractivity contribution in [3.8, 4) is 28.2 Å². The van der Waals surface area contributed by atoms with Crippen molar-refractivity contribution in [1.29, 1.82) is 0 Å². The maximum Gasteiger partial charge on any atom is 0.197 e. The fourth-order valence-corrected chi connectivity index (χ4v) is 4.37. The fraction of sp³-hybridized carbons (Fsp3) is 0.222. The Morgan fingerprint density at radius 2 is 1.56 bits per heavy atom. The van der Waals surface area contributed by atoms with Gasteiger partial charge in [-0.2, -0.15) is 0 Å². The first-order valence-corrected chi connectivity index (χ1v) is 11.1. The zero-order chi connectivity index (χ0) is 22.1. The summed E-state index contributed by atoms with van der Waals surface area (Å²) in [6.07, 6.45) is 0. The number of anilines is 1. The van der Waals surface area contributed by atoms with Gasteiger partial charge in [-0.15, -0.1) is 0 Å². The number of nitrogens with zero attached hydrogens (tertiary/aromatic N) is 2. The highest BCUT2D eigenvalue weighted by Gasteiger charge is 2.17. The van der Waals surface area contributed by atoms with Crippen molar-refractivity contribution < 1.29 is 9.52 Å². The first-order chi connectivity index (χ1) is 15.6. The van der Waals surface area contributed by atoms with E-state index < -0.39 is 0 Å². The van der Waals surface area contributed by atoms with Crippen LogP contribution < -0.4 is 10.3 Å². The van der Waals surface area contributed by atoms with E-state index in [-0.39, 0.29) is 16.6 Å². The normalized spacial score (nSPS) is 14.7. The summed E-state index contributed by atoms with van der Waals surface area (Å²) < 4.78 is 6.04. The molecular formula is C27H26N2O3. The predicted molar refractivity (Wildman–Crippen MR) is 129 cm³/mol. The maximum absolute atomic E-state index is 12.7. The number of likely N-dealkylation sites (N-methyl/N-ethyl adjacent to an activating group) is 1. The Balaban J connectivity index is 1.48. The summed E-state index contributed by atoms with van der Waals surface area (Å²) in [5.41, 5.74) is 3.93. The Morgan fingerprint density at radius 3 is 2.25 bits per heavy atom. The van der Waals surface area contributed by atoms with Gasteiger partial charge in [-0.1, -0.05) is 49.4 Å². The van der Waals surface area contributed by atoms with Crippen molar-refractivity contribution >= 4 is 16.7 Å². The summed E-state index contributed by atoms with van der Waals surface area (Å²) in [6, 6.07) is 22.8. The topological polar surface area (TPSA) is 56.9 Å².